The third kappa shape index (κ3) is 8.16. The van der Waals surface area contributed by atoms with Crippen molar-refractivity contribution < 1.29 is 57.7 Å². The summed E-state index contributed by atoms with van der Waals surface area (Å²) in [6.45, 7) is 0.970. The number of hydrogen-bond acceptors (Lipinski definition) is 7. The number of carbonyl (C=O) groups excluding carboxylic acids is 1. The Morgan fingerprint density at radius 2 is 1.56 bits per heavy atom. The van der Waals surface area contributed by atoms with Crippen molar-refractivity contribution >= 4 is 27.4 Å². The summed E-state index contributed by atoms with van der Waals surface area (Å²) in [4.78, 5) is 11.5. The van der Waals surface area contributed by atoms with Crippen molar-refractivity contribution in [3.8, 4) is 11.5 Å². The number of ether oxygens (including phenoxy) is 1. The van der Waals surface area contributed by atoms with Crippen molar-refractivity contribution in [1.82, 2.24) is 5.32 Å². The van der Waals surface area contributed by atoms with Crippen LogP contribution in [0.3, 0.4) is 0 Å². The van der Waals surface area contributed by atoms with E-state index >= 15 is 0 Å². The van der Waals surface area contributed by atoms with Crippen molar-refractivity contribution in [3.05, 3.63) is 119 Å². The van der Waals surface area contributed by atoms with Gasteiger partial charge in [-0.1, -0.05) is 48.0 Å². The number of benzene rings is 4. The fraction of sp³-hybridized carbons (Fsp3) is 0.138. The minimum atomic E-state index is -3.76. The molecule has 0 aliphatic heterocycles. The van der Waals surface area contributed by atoms with Gasteiger partial charge in [0.05, 0.1) is 21.9 Å². The van der Waals surface area contributed by atoms with E-state index in [1.165, 1.54) is 36.4 Å². The van der Waals surface area contributed by atoms with E-state index in [0.717, 1.165) is 11.1 Å². The predicted molar refractivity (Wildman–Crippen MR) is 142 cm³/mol. The van der Waals surface area contributed by atoms with Gasteiger partial charge in [0.25, 0.3) is 0 Å². The molecule has 0 amide bonds. The van der Waals surface area contributed by atoms with E-state index in [2.05, 4.69) is 5.32 Å². The second kappa shape index (κ2) is 14.1. The minimum Gasteiger partial charge on any atom is -0.545 e. The molecule has 0 aromatic heterocycles. The molecule has 2 N–H and O–H groups in total. The van der Waals surface area contributed by atoms with Crippen LogP contribution in [-0.2, 0) is 16.3 Å². The van der Waals surface area contributed by atoms with Crippen LogP contribution in [0.25, 0.3) is 0 Å². The third-order valence-electron chi connectivity index (χ3n) is 5.86. The number of carbonyl (C=O) groups is 1. The molecule has 0 unspecified atom stereocenters. The van der Waals surface area contributed by atoms with Gasteiger partial charge in [-0.3, -0.25) is 0 Å². The molecule has 0 aliphatic rings. The van der Waals surface area contributed by atoms with Crippen molar-refractivity contribution in [2.45, 2.75) is 22.3 Å². The Kier molecular flexibility index (Phi) is 11.1. The molecule has 39 heavy (non-hydrogen) atoms. The first-order valence-electron chi connectivity index (χ1n) is 11.8. The number of aromatic carboxylic acids is 1. The van der Waals surface area contributed by atoms with Crippen molar-refractivity contribution in [1.29, 1.82) is 0 Å². The van der Waals surface area contributed by atoms with Gasteiger partial charge in [0, 0.05) is 17.1 Å². The van der Waals surface area contributed by atoms with E-state index in [1.807, 2.05) is 6.07 Å². The van der Waals surface area contributed by atoms with Gasteiger partial charge in [0.2, 0.25) is 9.84 Å². The predicted octanol–water partition coefficient (Wildman–Crippen LogP) is 1.20. The number of carboxylic acid groups (broad SMARTS) is 1. The number of aliphatic hydroxyl groups is 1. The first-order chi connectivity index (χ1) is 18.2. The minimum absolute atomic E-state index is 0. The maximum atomic E-state index is 13.1. The molecule has 7 nitrogen and oxygen atoms in total. The molecule has 0 fully saturated rings. The molecular formula is C29H25ClNNaO6S. The van der Waals surface area contributed by atoms with Gasteiger partial charge < -0.3 is 25.1 Å². The molecule has 1 atom stereocenters. The summed E-state index contributed by atoms with van der Waals surface area (Å²) in [6.07, 6.45) is -0.0240. The van der Waals surface area contributed by atoms with Crippen molar-refractivity contribution in [2.24, 2.45) is 0 Å². The van der Waals surface area contributed by atoms with Crippen LogP contribution < -0.4 is 44.7 Å². The summed E-state index contributed by atoms with van der Waals surface area (Å²) < 4.78 is 31.8. The SMILES string of the molecule is O=C([O-])c1ccccc1Oc1ccc(S(=O)(=O)c2ccc(CCNC[C@H](O)c3cccc(Cl)c3)cc2)cc1.[Na+]. The molecule has 4 aromatic rings. The van der Waals surface area contributed by atoms with E-state index in [9.17, 15) is 23.4 Å². The Morgan fingerprint density at radius 3 is 2.21 bits per heavy atom. The Morgan fingerprint density at radius 1 is 0.923 bits per heavy atom. The molecule has 0 heterocycles. The van der Waals surface area contributed by atoms with Crippen molar-refractivity contribution in [2.75, 3.05) is 13.1 Å². The number of nitrogens with one attached hydrogen (secondary N) is 1. The maximum absolute atomic E-state index is 13.1. The molecule has 0 bridgehead atoms. The Balaban J connectivity index is 0.00000420. The largest absolute Gasteiger partial charge is 1.00 e. The molecule has 196 valence electrons. The first kappa shape index (κ1) is 30.8. The average Bonchev–Trinajstić information content (AvgIpc) is 2.92. The molecule has 4 rings (SSSR count). The van der Waals surface area contributed by atoms with E-state index in [1.54, 1.807) is 54.6 Å². The average molecular weight is 574 g/mol. The molecule has 10 heteroatoms. The zero-order valence-electron chi connectivity index (χ0n) is 21.2. The molecule has 4 aromatic carbocycles. The third-order valence-corrected chi connectivity index (χ3v) is 7.88. The summed E-state index contributed by atoms with van der Waals surface area (Å²) in [5, 5.41) is 25.3. The number of carboxylic acids is 1. The topological polar surface area (TPSA) is 116 Å². The Hall–Kier alpha value is -2.69. The molecule has 0 spiro atoms. The fourth-order valence-electron chi connectivity index (χ4n) is 3.81. The van der Waals surface area contributed by atoms with Crippen molar-refractivity contribution in [3.63, 3.8) is 0 Å². The second-order valence-electron chi connectivity index (χ2n) is 8.53. The smallest absolute Gasteiger partial charge is 0.545 e. The van der Waals surface area contributed by atoms with Crippen LogP contribution in [0.4, 0.5) is 0 Å². The molecule has 0 saturated heterocycles. The van der Waals surface area contributed by atoms with Gasteiger partial charge >= 0.3 is 29.6 Å². The van der Waals surface area contributed by atoms with Crippen LogP contribution in [-0.4, -0.2) is 32.6 Å². The number of rotatable bonds is 11. The van der Waals surface area contributed by atoms with Gasteiger partial charge in [-0.05, 0) is 84.8 Å². The zero-order chi connectivity index (χ0) is 27.1. The molecule has 0 aliphatic carbocycles. The Bertz CT molecular complexity index is 1510. The van der Waals surface area contributed by atoms with Crippen LogP contribution in [0, 0.1) is 0 Å². The van der Waals surface area contributed by atoms with E-state index in [4.69, 9.17) is 16.3 Å². The maximum Gasteiger partial charge on any atom is 1.00 e. The summed E-state index contributed by atoms with van der Waals surface area (Å²) in [6, 6.07) is 25.5. The molecule has 0 radical (unpaired) electrons. The number of aliphatic hydroxyl groups excluding tert-OH is 1. The number of para-hydroxylation sites is 1. The standard InChI is InChI=1S/C29H26ClNO6S.Na/c30-22-5-3-4-21(18-22)27(32)19-31-17-16-20-8-12-24(13-9-20)38(35,36)25-14-10-23(11-15-25)37-28-7-2-1-6-26(28)29(33)34;/h1-15,18,27,31-32H,16-17,19H2,(H,33,34);/q;+1/p-1/t27-;/m0./s1. The summed E-state index contributed by atoms with van der Waals surface area (Å²) in [5.74, 6) is -0.970. The number of hydrogen-bond donors (Lipinski definition) is 2. The van der Waals surface area contributed by atoms with Crippen LogP contribution in [0.5, 0.6) is 11.5 Å². The van der Waals surface area contributed by atoms with E-state index < -0.39 is 21.9 Å². The van der Waals surface area contributed by atoms with Gasteiger partial charge in [0.15, 0.2) is 0 Å². The van der Waals surface area contributed by atoms with Crippen LogP contribution in [0.2, 0.25) is 5.02 Å². The van der Waals surface area contributed by atoms with Gasteiger partial charge in [0.1, 0.15) is 11.5 Å². The first-order valence-corrected chi connectivity index (χ1v) is 13.7. The van der Waals surface area contributed by atoms with Gasteiger partial charge in [-0.15, -0.1) is 0 Å². The number of halogens is 1. The van der Waals surface area contributed by atoms with Gasteiger partial charge in [-0.2, -0.15) is 0 Å². The van der Waals surface area contributed by atoms with Gasteiger partial charge in [-0.25, -0.2) is 8.42 Å². The summed E-state index contributed by atoms with van der Waals surface area (Å²) >= 11 is 5.97. The zero-order valence-corrected chi connectivity index (χ0v) is 24.8. The monoisotopic (exact) mass is 573 g/mol. The van der Waals surface area contributed by atoms with Crippen LogP contribution in [0.15, 0.2) is 107 Å². The van der Waals surface area contributed by atoms with Crippen LogP contribution >= 0.6 is 11.6 Å². The van der Waals surface area contributed by atoms with E-state index in [-0.39, 0.29) is 50.7 Å². The normalized spacial score (nSPS) is 11.8. The summed E-state index contributed by atoms with van der Waals surface area (Å²) in [7, 11) is -3.76. The van der Waals surface area contributed by atoms with E-state index in [0.29, 0.717) is 30.3 Å². The number of sulfone groups is 1. The molecule has 0 saturated carbocycles. The molecular weight excluding hydrogens is 549 g/mol. The quantitative estimate of drug-likeness (QED) is 0.205. The van der Waals surface area contributed by atoms with Crippen LogP contribution in [0.1, 0.15) is 27.6 Å². The summed E-state index contributed by atoms with van der Waals surface area (Å²) in [5.41, 5.74) is 1.59. The Labute approximate surface area is 254 Å². The second-order valence-corrected chi connectivity index (χ2v) is 10.9. The fourth-order valence-corrected chi connectivity index (χ4v) is 5.27.